The van der Waals surface area contributed by atoms with E-state index < -0.39 is 6.09 Å². The molecule has 0 saturated heterocycles. The third kappa shape index (κ3) is 5.45. The van der Waals surface area contributed by atoms with Gasteiger partial charge in [0.05, 0.1) is 18.5 Å². The molecule has 0 aliphatic heterocycles. The number of ether oxygens (including phenoxy) is 1. The van der Waals surface area contributed by atoms with Crippen LogP contribution in [0.2, 0.25) is 0 Å². The molecule has 5 heteroatoms. The largest absolute Gasteiger partial charge is 0.450 e. The number of rotatable bonds is 6. The average molecular weight is 289 g/mol. The van der Waals surface area contributed by atoms with Crippen molar-refractivity contribution in [1.82, 2.24) is 4.98 Å². The molecule has 1 aromatic heterocycles. The normalized spacial score (nSPS) is 14.2. The first-order valence-electron chi connectivity index (χ1n) is 7.59. The fraction of sp³-hybridized carbons (Fsp3) is 0.500. The summed E-state index contributed by atoms with van der Waals surface area (Å²) in [7, 11) is 0. The van der Waals surface area contributed by atoms with E-state index in [9.17, 15) is 4.79 Å². The van der Waals surface area contributed by atoms with Gasteiger partial charge in [-0.1, -0.05) is 11.6 Å². The van der Waals surface area contributed by atoms with Crippen molar-refractivity contribution in [2.24, 2.45) is 0 Å². The molecule has 0 radical (unpaired) electrons. The fourth-order valence-corrected chi connectivity index (χ4v) is 2.34. The van der Waals surface area contributed by atoms with Crippen molar-refractivity contribution in [3.8, 4) is 0 Å². The molecule has 0 aromatic carbocycles. The average Bonchev–Trinajstić information content (AvgIpc) is 2.50. The predicted octanol–water partition coefficient (Wildman–Crippen LogP) is 3.95. The number of amides is 1. The lowest BCUT2D eigenvalue weighted by atomic mass is 9.97. The van der Waals surface area contributed by atoms with E-state index in [0.717, 1.165) is 18.7 Å². The van der Waals surface area contributed by atoms with Gasteiger partial charge >= 0.3 is 6.09 Å². The Morgan fingerprint density at radius 1 is 1.38 bits per heavy atom. The summed E-state index contributed by atoms with van der Waals surface area (Å²) < 4.78 is 4.80. The van der Waals surface area contributed by atoms with Crippen LogP contribution >= 0.6 is 0 Å². The Morgan fingerprint density at radius 2 is 2.29 bits per heavy atom. The zero-order chi connectivity index (χ0) is 14.9. The van der Waals surface area contributed by atoms with Crippen molar-refractivity contribution in [1.29, 1.82) is 0 Å². The molecule has 1 aromatic rings. The van der Waals surface area contributed by atoms with Crippen LogP contribution in [0.4, 0.5) is 16.3 Å². The molecule has 5 nitrogen and oxygen atoms in total. The van der Waals surface area contributed by atoms with Crippen LogP contribution in [0.25, 0.3) is 0 Å². The zero-order valence-electron chi connectivity index (χ0n) is 12.5. The quantitative estimate of drug-likeness (QED) is 0.778. The van der Waals surface area contributed by atoms with Gasteiger partial charge < -0.3 is 10.1 Å². The van der Waals surface area contributed by atoms with Crippen LogP contribution in [0.15, 0.2) is 30.0 Å². The van der Waals surface area contributed by atoms with E-state index in [4.69, 9.17) is 4.74 Å². The Kier molecular flexibility index (Phi) is 6.06. The van der Waals surface area contributed by atoms with Crippen LogP contribution in [0.3, 0.4) is 0 Å². The Balaban J connectivity index is 1.74. The van der Waals surface area contributed by atoms with Crippen LogP contribution in [0.5, 0.6) is 0 Å². The molecule has 1 aliphatic rings. The summed E-state index contributed by atoms with van der Waals surface area (Å²) in [5.41, 5.74) is 2.52. The van der Waals surface area contributed by atoms with E-state index in [2.05, 4.69) is 21.7 Å². The number of nitrogens with zero attached hydrogens (tertiary/aromatic N) is 1. The van der Waals surface area contributed by atoms with Gasteiger partial charge in [-0.3, -0.25) is 5.32 Å². The molecule has 0 unspecified atom stereocenters. The van der Waals surface area contributed by atoms with Crippen molar-refractivity contribution in [2.75, 3.05) is 23.8 Å². The van der Waals surface area contributed by atoms with Gasteiger partial charge in [-0.25, -0.2) is 9.78 Å². The molecule has 0 fully saturated rings. The molecule has 21 heavy (non-hydrogen) atoms. The summed E-state index contributed by atoms with van der Waals surface area (Å²) in [5, 5.41) is 5.92. The lowest BCUT2D eigenvalue weighted by molar-refractivity contribution is 0.168. The Hall–Kier alpha value is -2.04. The number of nitrogens with one attached hydrogen (secondary N) is 2. The molecule has 1 heterocycles. The third-order valence-electron chi connectivity index (χ3n) is 3.43. The summed E-state index contributed by atoms with van der Waals surface area (Å²) in [6, 6.07) is 3.67. The monoisotopic (exact) mass is 289 g/mol. The van der Waals surface area contributed by atoms with Crippen LogP contribution in [0, 0.1) is 0 Å². The highest BCUT2D eigenvalue weighted by molar-refractivity contribution is 5.83. The molecule has 1 aliphatic carbocycles. The first-order chi connectivity index (χ1) is 10.3. The summed E-state index contributed by atoms with van der Waals surface area (Å²) in [4.78, 5) is 15.4. The number of hydrogen-bond donors (Lipinski definition) is 2. The topological polar surface area (TPSA) is 63.2 Å². The summed E-state index contributed by atoms with van der Waals surface area (Å²) in [5.74, 6) is 0.494. The van der Waals surface area contributed by atoms with Gasteiger partial charge in [-0.15, -0.1) is 0 Å². The van der Waals surface area contributed by atoms with Crippen molar-refractivity contribution in [3.63, 3.8) is 0 Å². The smallest absolute Gasteiger partial charge is 0.412 e. The second-order valence-corrected chi connectivity index (χ2v) is 5.06. The minimum Gasteiger partial charge on any atom is -0.450 e. The molecule has 0 bridgehead atoms. The molecule has 2 rings (SSSR count). The first-order valence-corrected chi connectivity index (χ1v) is 7.59. The number of pyridine rings is 1. The molecule has 0 atom stereocenters. The number of aromatic nitrogens is 1. The van der Waals surface area contributed by atoms with Gasteiger partial charge in [0.25, 0.3) is 0 Å². The molecule has 0 spiro atoms. The Morgan fingerprint density at radius 3 is 2.95 bits per heavy atom. The Labute approximate surface area is 125 Å². The highest BCUT2D eigenvalue weighted by Crippen LogP contribution is 2.20. The second kappa shape index (κ2) is 8.29. The van der Waals surface area contributed by atoms with E-state index in [1.807, 2.05) is 6.07 Å². The highest BCUT2D eigenvalue weighted by Gasteiger charge is 2.04. The minimum absolute atomic E-state index is 0.349. The van der Waals surface area contributed by atoms with Crippen LogP contribution in [-0.2, 0) is 4.74 Å². The van der Waals surface area contributed by atoms with Gasteiger partial charge in [-0.2, -0.15) is 0 Å². The van der Waals surface area contributed by atoms with Gasteiger partial charge in [0.2, 0.25) is 0 Å². The first kappa shape index (κ1) is 15.4. The highest BCUT2D eigenvalue weighted by atomic mass is 16.5. The predicted molar refractivity (Wildman–Crippen MR) is 84.5 cm³/mol. The molecular formula is C16H23N3O2. The number of anilines is 2. The van der Waals surface area contributed by atoms with Crippen LogP contribution in [-0.4, -0.2) is 24.2 Å². The van der Waals surface area contributed by atoms with Crippen LogP contribution < -0.4 is 10.6 Å². The van der Waals surface area contributed by atoms with Gasteiger partial charge in [-0.05, 0) is 51.2 Å². The minimum atomic E-state index is -0.477. The number of carbonyl (C=O) groups excluding carboxylic acids is 1. The number of hydrogen-bond acceptors (Lipinski definition) is 4. The Bertz CT molecular complexity index is 483. The van der Waals surface area contributed by atoms with Crippen molar-refractivity contribution in [2.45, 2.75) is 39.0 Å². The summed E-state index contributed by atoms with van der Waals surface area (Å²) >= 11 is 0. The fourth-order valence-electron chi connectivity index (χ4n) is 2.34. The van der Waals surface area contributed by atoms with E-state index >= 15 is 0 Å². The molecule has 114 valence electrons. The SMILES string of the molecule is CCOC(=O)Nc1ccc(NCCC2=CCCCC2)cn1. The zero-order valence-corrected chi connectivity index (χ0v) is 12.5. The van der Waals surface area contributed by atoms with Crippen LogP contribution in [0.1, 0.15) is 39.0 Å². The summed E-state index contributed by atoms with van der Waals surface area (Å²) in [6.07, 6.45) is 9.82. The molecular weight excluding hydrogens is 266 g/mol. The lowest BCUT2D eigenvalue weighted by Crippen LogP contribution is -2.14. The standard InChI is InChI=1S/C16H23N3O2/c1-2-21-16(20)19-15-9-8-14(12-18-15)17-11-10-13-6-4-3-5-7-13/h6,8-9,12,17H,2-5,7,10-11H2,1H3,(H,18,19,20). The van der Waals surface area contributed by atoms with Crippen molar-refractivity contribution in [3.05, 3.63) is 30.0 Å². The van der Waals surface area contributed by atoms with Crippen molar-refractivity contribution >= 4 is 17.6 Å². The van der Waals surface area contributed by atoms with E-state index in [1.54, 1.807) is 24.8 Å². The van der Waals surface area contributed by atoms with E-state index in [0.29, 0.717) is 12.4 Å². The van der Waals surface area contributed by atoms with Gasteiger partial charge in [0.15, 0.2) is 0 Å². The maximum atomic E-state index is 11.2. The van der Waals surface area contributed by atoms with E-state index in [1.165, 1.54) is 25.7 Å². The van der Waals surface area contributed by atoms with Crippen molar-refractivity contribution < 1.29 is 9.53 Å². The summed E-state index contributed by atoms with van der Waals surface area (Å²) in [6.45, 7) is 3.03. The maximum absolute atomic E-state index is 11.2. The van der Waals surface area contributed by atoms with E-state index in [-0.39, 0.29) is 0 Å². The molecule has 0 saturated carbocycles. The molecule has 2 N–H and O–H groups in total. The maximum Gasteiger partial charge on any atom is 0.412 e. The second-order valence-electron chi connectivity index (χ2n) is 5.06. The van der Waals surface area contributed by atoms with Gasteiger partial charge in [0, 0.05) is 6.54 Å². The number of allylic oxidation sites excluding steroid dienone is 1. The van der Waals surface area contributed by atoms with Gasteiger partial charge in [0.1, 0.15) is 5.82 Å². The third-order valence-corrected chi connectivity index (χ3v) is 3.43. The number of carbonyl (C=O) groups is 1. The lowest BCUT2D eigenvalue weighted by Gasteiger charge is -2.13. The molecule has 1 amide bonds.